The molecule has 4 aliphatic rings. The first-order valence-electron chi connectivity index (χ1n) is 15.1. The van der Waals surface area contributed by atoms with Crippen molar-refractivity contribution in [1.29, 1.82) is 5.26 Å². The van der Waals surface area contributed by atoms with Gasteiger partial charge in [-0.25, -0.2) is 0 Å². The molecule has 2 aromatic heterocycles. The van der Waals surface area contributed by atoms with Gasteiger partial charge in [-0.2, -0.15) is 15.2 Å². The van der Waals surface area contributed by atoms with Crippen LogP contribution in [0.2, 0.25) is 0 Å². The number of hydrogen-bond donors (Lipinski definition) is 0. The van der Waals surface area contributed by atoms with Gasteiger partial charge in [0, 0.05) is 57.1 Å². The highest BCUT2D eigenvalue weighted by Gasteiger charge is 2.34. The first-order chi connectivity index (χ1) is 20.4. The molecule has 0 aromatic carbocycles. The number of hydrogen-bond acceptors (Lipinski definition) is 10. The number of pyridine rings is 1. The SMILES string of the molecule is C=CC(=O)N1CCN(c2nc(OC[C@@H]3CCCN3C)nc3c2CCN(c2cncc4c2CCN(C)C4)C3)C[C@@H]1CC#N. The number of likely N-dealkylation sites (N-methyl/N-ethyl adjacent to an activating group) is 2. The number of ether oxygens (including phenoxy) is 1. The van der Waals surface area contributed by atoms with E-state index in [1.807, 2.05) is 12.4 Å². The molecule has 0 unspecified atom stereocenters. The molecular formula is C31H41N9O2. The Balaban J connectivity index is 1.31. The number of likely N-dealkylation sites (tertiary alicyclic amines) is 1. The van der Waals surface area contributed by atoms with Gasteiger partial charge in [0.15, 0.2) is 0 Å². The number of carbonyl (C=O) groups excluding carboxylic acids is 1. The maximum atomic E-state index is 12.5. The van der Waals surface area contributed by atoms with Crippen LogP contribution in [0.1, 0.15) is 41.6 Å². The lowest BCUT2D eigenvalue weighted by molar-refractivity contribution is -0.128. The van der Waals surface area contributed by atoms with Gasteiger partial charge in [0.25, 0.3) is 0 Å². The van der Waals surface area contributed by atoms with E-state index in [4.69, 9.17) is 14.7 Å². The summed E-state index contributed by atoms with van der Waals surface area (Å²) < 4.78 is 6.30. The van der Waals surface area contributed by atoms with Crippen molar-refractivity contribution in [2.75, 3.05) is 69.8 Å². The zero-order valence-corrected chi connectivity index (χ0v) is 24.8. The van der Waals surface area contributed by atoms with Crippen molar-refractivity contribution in [2.45, 2.75) is 57.3 Å². The first kappa shape index (κ1) is 28.4. The second-order valence-electron chi connectivity index (χ2n) is 12.0. The van der Waals surface area contributed by atoms with Gasteiger partial charge in [0.05, 0.1) is 42.7 Å². The summed E-state index contributed by atoms with van der Waals surface area (Å²) in [7, 11) is 4.30. The number of nitriles is 1. The molecule has 0 saturated carbocycles. The zero-order chi connectivity index (χ0) is 29.2. The third-order valence-electron chi connectivity index (χ3n) is 9.31. The minimum Gasteiger partial charge on any atom is -0.462 e. The summed E-state index contributed by atoms with van der Waals surface area (Å²) in [5.41, 5.74) is 6.01. The van der Waals surface area contributed by atoms with Crippen LogP contribution in [0.3, 0.4) is 0 Å². The minimum atomic E-state index is -0.225. The van der Waals surface area contributed by atoms with Gasteiger partial charge in [0.2, 0.25) is 5.91 Å². The van der Waals surface area contributed by atoms with E-state index in [1.54, 1.807) is 4.90 Å². The van der Waals surface area contributed by atoms with Crippen LogP contribution >= 0.6 is 0 Å². The van der Waals surface area contributed by atoms with Crippen molar-refractivity contribution in [1.82, 2.24) is 29.7 Å². The van der Waals surface area contributed by atoms with Gasteiger partial charge in [-0.15, -0.1) is 0 Å². The molecule has 2 atom stereocenters. The van der Waals surface area contributed by atoms with Crippen molar-refractivity contribution in [2.24, 2.45) is 0 Å². The monoisotopic (exact) mass is 571 g/mol. The lowest BCUT2D eigenvalue weighted by Crippen LogP contribution is -2.55. The van der Waals surface area contributed by atoms with Crippen LogP contribution in [0.4, 0.5) is 11.5 Å². The highest BCUT2D eigenvalue weighted by molar-refractivity contribution is 5.87. The predicted octanol–water partition coefficient (Wildman–Crippen LogP) is 2.01. The fourth-order valence-electron chi connectivity index (χ4n) is 6.90. The highest BCUT2D eigenvalue weighted by atomic mass is 16.5. The predicted molar refractivity (Wildman–Crippen MR) is 160 cm³/mol. The number of nitrogens with zero attached hydrogens (tertiary/aromatic N) is 9. The summed E-state index contributed by atoms with van der Waals surface area (Å²) >= 11 is 0. The topological polar surface area (TPSA) is 105 Å². The lowest BCUT2D eigenvalue weighted by atomic mass is 9.98. The third kappa shape index (κ3) is 5.65. The molecule has 11 heteroatoms. The Morgan fingerprint density at radius 2 is 1.93 bits per heavy atom. The van der Waals surface area contributed by atoms with E-state index >= 15 is 0 Å². The molecule has 0 spiro atoms. The minimum absolute atomic E-state index is 0.133. The molecule has 2 aromatic rings. The highest BCUT2D eigenvalue weighted by Crippen LogP contribution is 2.35. The summed E-state index contributed by atoms with van der Waals surface area (Å²) in [6.07, 6.45) is 9.71. The molecule has 0 bridgehead atoms. The Bertz CT molecular complexity index is 1370. The molecule has 2 saturated heterocycles. The van der Waals surface area contributed by atoms with Crippen LogP contribution < -0.4 is 14.5 Å². The van der Waals surface area contributed by atoms with E-state index in [0.29, 0.717) is 44.8 Å². The molecule has 0 radical (unpaired) electrons. The fourth-order valence-corrected chi connectivity index (χ4v) is 6.90. The third-order valence-corrected chi connectivity index (χ3v) is 9.31. The summed E-state index contributed by atoms with van der Waals surface area (Å²) in [6, 6.07) is 2.81. The number of carbonyl (C=O) groups is 1. The first-order valence-corrected chi connectivity index (χ1v) is 15.1. The number of fused-ring (bicyclic) bond motifs is 2. The Kier molecular flexibility index (Phi) is 8.27. The van der Waals surface area contributed by atoms with Crippen LogP contribution in [0, 0.1) is 11.3 Å². The molecule has 11 nitrogen and oxygen atoms in total. The number of rotatable bonds is 7. The van der Waals surface area contributed by atoms with Crippen LogP contribution in [0.15, 0.2) is 25.0 Å². The van der Waals surface area contributed by atoms with E-state index in [9.17, 15) is 10.1 Å². The smallest absolute Gasteiger partial charge is 0.318 e. The maximum Gasteiger partial charge on any atom is 0.318 e. The fraction of sp³-hybridized carbons (Fsp3) is 0.581. The van der Waals surface area contributed by atoms with E-state index in [0.717, 1.165) is 62.5 Å². The molecule has 6 rings (SSSR count). The van der Waals surface area contributed by atoms with Crippen LogP contribution in [0.25, 0.3) is 0 Å². The Morgan fingerprint density at radius 1 is 1.07 bits per heavy atom. The summed E-state index contributed by atoms with van der Waals surface area (Å²) in [5, 5.41) is 9.52. The Hall–Kier alpha value is -3.75. The Morgan fingerprint density at radius 3 is 2.71 bits per heavy atom. The van der Waals surface area contributed by atoms with Gasteiger partial charge in [-0.3, -0.25) is 9.78 Å². The molecular weight excluding hydrogens is 530 g/mol. The maximum absolute atomic E-state index is 12.5. The second kappa shape index (κ2) is 12.2. The normalized spacial score (nSPS) is 22.8. The Labute approximate surface area is 248 Å². The van der Waals surface area contributed by atoms with E-state index in [-0.39, 0.29) is 18.4 Å². The number of anilines is 2. The van der Waals surface area contributed by atoms with Crippen LogP contribution in [-0.2, 0) is 30.7 Å². The van der Waals surface area contributed by atoms with E-state index in [1.165, 1.54) is 29.3 Å². The van der Waals surface area contributed by atoms with Crippen molar-refractivity contribution in [3.05, 3.63) is 47.4 Å². The second-order valence-corrected chi connectivity index (χ2v) is 12.0. The van der Waals surface area contributed by atoms with E-state index in [2.05, 4.69) is 51.3 Å². The molecule has 42 heavy (non-hydrogen) atoms. The number of amides is 1. The standard InChI is InChI=1S/C31H41N9O2/c1-4-29(41)40-15-14-39(19-23(40)7-10-32)30-26-9-13-38(28-17-33-16-22-18-36(2)12-8-25(22)28)20-27(26)34-31(35-30)42-21-24-6-5-11-37(24)3/h4,16-17,23-24H,1,5-9,11-15,18-21H2,2-3H3/t23-,24-/m0/s1. The lowest BCUT2D eigenvalue weighted by Gasteiger charge is -2.42. The van der Waals surface area contributed by atoms with Crippen molar-refractivity contribution in [3.63, 3.8) is 0 Å². The summed E-state index contributed by atoms with van der Waals surface area (Å²) in [4.78, 5) is 38.2. The average molecular weight is 572 g/mol. The molecule has 0 aliphatic carbocycles. The molecule has 4 aliphatic heterocycles. The van der Waals surface area contributed by atoms with Crippen LogP contribution in [0.5, 0.6) is 6.01 Å². The molecule has 2 fully saturated rings. The van der Waals surface area contributed by atoms with Crippen molar-refractivity contribution >= 4 is 17.4 Å². The zero-order valence-electron chi connectivity index (χ0n) is 24.8. The molecule has 0 N–H and O–H groups in total. The average Bonchev–Trinajstić information content (AvgIpc) is 3.42. The molecule has 1 amide bonds. The largest absolute Gasteiger partial charge is 0.462 e. The summed E-state index contributed by atoms with van der Waals surface area (Å²) in [6.45, 7) is 10.4. The summed E-state index contributed by atoms with van der Waals surface area (Å²) in [5.74, 6) is 0.740. The van der Waals surface area contributed by atoms with E-state index < -0.39 is 0 Å². The quantitative estimate of drug-likeness (QED) is 0.459. The van der Waals surface area contributed by atoms with Gasteiger partial charge in [0.1, 0.15) is 12.4 Å². The molecule has 6 heterocycles. The van der Waals surface area contributed by atoms with Gasteiger partial charge in [-0.05, 0) is 63.5 Å². The van der Waals surface area contributed by atoms with Gasteiger partial charge >= 0.3 is 6.01 Å². The number of piperazine rings is 1. The number of aromatic nitrogens is 3. The van der Waals surface area contributed by atoms with Crippen molar-refractivity contribution in [3.8, 4) is 12.1 Å². The van der Waals surface area contributed by atoms with Gasteiger partial charge < -0.3 is 29.2 Å². The van der Waals surface area contributed by atoms with Crippen molar-refractivity contribution < 1.29 is 9.53 Å². The van der Waals surface area contributed by atoms with Gasteiger partial charge in [-0.1, -0.05) is 6.58 Å². The van der Waals surface area contributed by atoms with Crippen LogP contribution in [-0.4, -0.2) is 108 Å². The molecule has 222 valence electrons.